The smallest absolute Gasteiger partial charge is 0.254 e. The monoisotopic (exact) mass is 302 g/mol. The first-order chi connectivity index (χ1) is 10.2. The molecular formula is C17H19ClN2O. The van der Waals surface area contributed by atoms with Crippen molar-refractivity contribution in [1.82, 2.24) is 9.88 Å². The molecule has 1 saturated heterocycles. The summed E-state index contributed by atoms with van der Waals surface area (Å²) in [5.41, 5.74) is 2.54. The summed E-state index contributed by atoms with van der Waals surface area (Å²) in [5, 5.41) is 0.939. The molecule has 1 amide bonds. The summed E-state index contributed by atoms with van der Waals surface area (Å²) in [6.07, 6.45) is 2.04. The zero-order valence-corrected chi connectivity index (χ0v) is 12.9. The van der Waals surface area contributed by atoms with E-state index in [1.54, 1.807) is 0 Å². The van der Waals surface area contributed by atoms with Gasteiger partial charge in [-0.2, -0.15) is 0 Å². The van der Waals surface area contributed by atoms with Crippen molar-refractivity contribution in [1.29, 1.82) is 0 Å². The Bertz CT molecular complexity index is 671. The molecule has 1 aliphatic heterocycles. The summed E-state index contributed by atoms with van der Waals surface area (Å²) in [4.78, 5) is 19.3. The van der Waals surface area contributed by atoms with Gasteiger partial charge in [-0.25, -0.2) is 0 Å². The number of pyridine rings is 1. The van der Waals surface area contributed by atoms with Gasteiger partial charge in [0.25, 0.3) is 5.91 Å². The number of rotatable bonds is 3. The van der Waals surface area contributed by atoms with E-state index in [9.17, 15) is 4.79 Å². The van der Waals surface area contributed by atoms with Gasteiger partial charge in [-0.15, -0.1) is 11.6 Å². The number of carbonyl (C=O) groups is 1. The van der Waals surface area contributed by atoms with Crippen molar-refractivity contribution < 1.29 is 4.79 Å². The SMILES string of the molecule is Cc1cc(C(=O)N2CCC(CCCl)C2)c2ccccc2n1. The summed E-state index contributed by atoms with van der Waals surface area (Å²) in [5.74, 6) is 1.33. The van der Waals surface area contributed by atoms with Crippen LogP contribution in [0.25, 0.3) is 10.9 Å². The summed E-state index contributed by atoms with van der Waals surface area (Å²) in [6.45, 7) is 3.58. The lowest BCUT2D eigenvalue weighted by Gasteiger charge is -2.18. The van der Waals surface area contributed by atoms with Crippen LogP contribution in [-0.2, 0) is 0 Å². The molecule has 0 N–H and O–H groups in total. The Morgan fingerprint density at radius 1 is 1.43 bits per heavy atom. The van der Waals surface area contributed by atoms with Crippen LogP contribution >= 0.6 is 11.6 Å². The van der Waals surface area contributed by atoms with Gasteiger partial charge < -0.3 is 4.90 Å². The van der Waals surface area contributed by atoms with Gasteiger partial charge in [0.15, 0.2) is 0 Å². The minimum absolute atomic E-state index is 0.119. The van der Waals surface area contributed by atoms with E-state index < -0.39 is 0 Å². The Kier molecular flexibility index (Phi) is 4.11. The molecule has 2 aromatic rings. The maximum absolute atomic E-state index is 12.8. The van der Waals surface area contributed by atoms with Gasteiger partial charge in [-0.1, -0.05) is 18.2 Å². The number of amides is 1. The fraction of sp³-hybridized carbons (Fsp3) is 0.412. The molecule has 1 aromatic carbocycles. The van der Waals surface area contributed by atoms with E-state index in [-0.39, 0.29) is 5.91 Å². The molecule has 3 rings (SSSR count). The number of para-hydroxylation sites is 1. The van der Waals surface area contributed by atoms with Crippen LogP contribution in [0.1, 0.15) is 28.9 Å². The number of aromatic nitrogens is 1. The summed E-state index contributed by atoms with van der Waals surface area (Å²) < 4.78 is 0. The van der Waals surface area contributed by atoms with Gasteiger partial charge in [-0.3, -0.25) is 9.78 Å². The molecule has 0 radical (unpaired) electrons. The van der Waals surface area contributed by atoms with Crippen LogP contribution in [0, 0.1) is 12.8 Å². The molecule has 1 aromatic heterocycles. The van der Waals surface area contributed by atoms with E-state index in [1.807, 2.05) is 42.2 Å². The zero-order chi connectivity index (χ0) is 14.8. The first-order valence-electron chi connectivity index (χ1n) is 7.40. The maximum Gasteiger partial charge on any atom is 0.254 e. The third-order valence-electron chi connectivity index (χ3n) is 4.17. The van der Waals surface area contributed by atoms with Gasteiger partial charge in [0.1, 0.15) is 0 Å². The van der Waals surface area contributed by atoms with Gasteiger partial charge in [0, 0.05) is 30.0 Å². The van der Waals surface area contributed by atoms with Crippen LogP contribution in [0.4, 0.5) is 0 Å². The van der Waals surface area contributed by atoms with Crippen molar-refractivity contribution in [2.75, 3.05) is 19.0 Å². The summed E-state index contributed by atoms with van der Waals surface area (Å²) >= 11 is 5.81. The van der Waals surface area contributed by atoms with Crippen LogP contribution in [0.5, 0.6) is 0 Å². The number of hydrogen-bond donors (Lipinski definition) is 0. The molecule has 2 heterocycles. The highest BCUT2D eigenvalue weighted by molar-refractivity contribution is 6.17. The quantitative estimate of drug-likeness (QED) is 0.811. The molecule has 1 aliphatic rings. The second-order valence-corrected chi connectivity index (χ2v) is 6.09. The molecule has 1 unspecified atom stereocenters. The molecule has 0 saturated carbocycles. The Morgan fingerprint density at radius 3 is 3.05 bits per heavy atom. The van der Waals surface area contributed by atoms with Crippen molar-refractivity contribution in [2.45, 2.75) is 19.8 Å². The molecule has 4 heteroatoms. The second-order valence-electron chi connectivity index (χ2n) is 5.71. The minimum atomic E-state index is 0.119. The van der Waals surface area contributed by atoms with E-state index in [0.717, 1.165) is 48.1 Å². The topological polar surface area (TPSA) is 33.2 Å². The van der Waals surface area contributed by atoms with Crippen molar-refractivity contribution in [3.05, 3.63) is 41.6 Å². The van der Waals surface area contributed by atoms with Crippen LogP contribution in [-0.4, -0.2) is 34.8 Å². The lowest BCUT2D eigenvalue weighted by atomic mass is 10.1. The Balaban J connectivity index is 1.92. The van der Waals surface area contributed by atoms with E-state index in [4.69, 9.17) is 11.6 Å². The standard InChI is InChI=1S/C17H19ClN2O/c1-12-10-15(14-4-2-3-5-16(14)19-12)17(21)20-9-7-13(11-20)6-8-18/h2-5,10,13H,6-9,11H2,1H3. The number of benzene rings is 1. The van der Waals surface area contributed by atoms with Crippen molar-refractivity contribution >= 4 is 28.4 Å². The number of alkyl halides is 1. The molecule has 1 atom stereocenters. The highest BCUT2D eigenvalue weighted by Gasteiger charge is 2.27. The molecule has 21 heavy (non-hydrogen) atoms. The number of halogens is 1. The molecule has 0 bridgehead atoms. The number of fused-ring (bicyclic) bond motifs is 1. The third-order valence-corrected chi connectivity index (χ3v) is 4.38. The highest BCUT2D eigenvalue weighted by atomic mass is 35.5. The fourth-order valence-electron chi connectivity index (χ4n) is 3.06. The van der Waals surface area contributed by atoms with Crippen molar-refractivity contribution in [3.8, 4) is 0 Å². The lowest BCUT2D eigenvalue weighted by molar-refractivity contribution is 0.0788. The van der Waals surface area contributed by atoms with E-state index >= 15 is 0 Å². The molecule has 0 aliphatic carbocycles. The Morgan fingerprint density at radius 2 is 2.24 bits per heavy atom. The number of aryl methyl sites for hydroxylation is 1. The predicted molar refractivity (Wildman–Crippen MR) is 85.8 cm³/mol. The van der Waals surface area contributed by atoms with Crippen LogP contribution in [0.2, 0.25) is 0 Å². The van der Waals surface area contributed by atoms with Crippen molar-refractivity contribution in [2.24, 2.45) is 5.92 Å². The molecule has 110 valence electrons. The zero-order valence-electron chi connectivity index (χ0n) is 12.2. The van der Waals surface area contributed by atoms with Gasteiger partial charge in [0.05, 0.1) is 11.1 Å². The largest absolute Gasteiger partial charge is 0.338 e. The average molecular weight is 303 g/mol. The highest BCUT2D eigenvalue weighted by Crippen LogP contribution is 2.25. The van der Waals surface area contributed by atoms with Gasteiger partial charge in [0.2, 0.25) is 0 Å². The summed E-state index contributed by atoms with van der Waals surface area (Å²) in [7, 11) is 0. The molecule has 1 fully saturated rings. The number of carbonyl (C=O) groups excluding carboxylic acids is 1. The Hall–Kier alpha value is -1.61. The van der Waals surface area contributed by atoms with Gasteiger partial charge >= 0.3 is 0 Å². The second kappa shape index (κ2) is 6.02. The van der Waals surface area contributed by atoms with Gasteiger partial charge in [-0.05, 0) is 37.8 Å². The van der Waals surface area contributed by atoms with E-state index in [1.165, 1.54) is 0 Å². The Labute approximate surface area is 129 Å². The predicted octanol–water partition coefficient (Wildman–Crippen LogP) is 3.63. The van der Waals surface area contributed by atoms with Crippen LogP contribution in [0.15, 0.2) is 30.3 Å². The third kappa shape index (κ3) is 2.88. The molecular weight excluding hydrogens is 284 g/mol. The van der Waals surface area contributed by atoms with E-state index in [2.05, 4.69) is 4.98 Å². The average Bonchev–Trinajstić information content (AvgIpc) is 2.94. The normalized spacial score (nSPS) is 18.4. The lowest BCUT2D eigenvalue weighted by Crippen LogP contribution is -2.29. The number of nitrogens with zero attached hydrogens (tertiary/aromatic N) is 2. The summed E-state index contributed by atoms with van der Waals surface area (Å²) in [6, 6.07) is 9.74. The fourth-order valence-corrected chi connectivity index (χ4v) is 3.37. The number of likely N-dealkylation sites (tertiary alicyclic amines) is 1. The number of hydrogen-bond acceptors (Lipinski definition) is 2. The van der Waals surface area contributed by atoms with Crippen LogP contribution < -0.4 is 0 Å². The first kappa shape index (κ1) is 14.3. The van der Waals surface area contributed by atoms with Crippen LogP contribution in [0.3, 0.4) is 0 Å². The van der Waals surface area contributed by atoms with Crippen molar-refractivity contribution in [3.63, 3.8) is 0 Å². The molecule has 3 nitrogen and oxygen atoms in total. The maximum atomic E-state index is 12.8. The first-order valence-corrected chi connectivity index (χ1v) is 7.94. The molecule has 0 spiro atoms. The van der Waals surface area contributed by atoms with E-state index in [0.29, 0.717) is 11.8 Å². The minimum Gasteiger partial charge on any atom is -0.338 e.